The Morgan fingerprint density at radius 3 is 2.53 bits per heavy atom. The molecule has 5 nitrogen and oxygen atoms in total. The smallest absolute Gasteiger partial charge is 0.293 e. The van der Waals surface area contributed by atoms with E-state index in [0.29, 0.717) is 23.9 Å². The van der Waals surface area contributed by atoms with Crippen molar-refractivity contribution >= 4 is 39.8 Å². The van der Waals surface area contributed by atoms with Gasteiger partial charge in [-0.1, -0.05) is 60.7 Å². The van der Waals surface area contributed by atoms with E-state index in [-0.39, 0.29) is 17.7 Å². The van der Waals surface area contributed by atoms with Crippen LogP contribution in [-0.4, -0.2) is 36.3 Å². The van der Waals surface area contributed by atoms with Gasteiger partial charge in [0.2, 0.25) is 0 Å². The maximum absolute atomic E-state index is 12.8. The molecule has 1 aliphatic rings. The predicted molar refractivity (Wildman–Crippen MR) is 119 cm³/mol. The van der Waals surface area contributed by atoms with Crippen LogP contribution in [0.25, 0.3) is 16.8 Å². The molecule has 3 aromatic carbocycles. The van der Waals surface area contributed by atoms with Crippen LogP contribution in [0.5, 0.6) is 5.75 Å². The lowest BCUT2D eigenvalue weighted by atomic mass is 10.0. The van der Waals surface area contributed by atoms with Crippen molar-refractivity contribution < 1.29 is 19.1 Å². The van der Waals surface area contributed by atoms with E-state index < -0.39 is 0 Å². The lowest BCUT2D eigenvalue weighted by Gasteiger charge is -2.13. The highest BCUT2D eigenvalue weighted by Crippen LogP contribution is 2.37. The molecule has 0 atom stereocenters. The topological polar surface area (TPSA) is 55.8 Å². The molecule has 0 aromatic heterocycles. The highest BCUT2D eigenvalue weighted by Gasteiger charge is 2.35. The van der Waals surface area contributed by atoms with Crippen molar-refractivity contribution in [2.45, 2.75) is 6.61 Å². The van der Waals surface area contributed by atoms with E-state index in [4.69, 9.17) is 9.47 Å². The van der Waals surface area contributed by atoms with Crippen LogP contribution >= 0.6 is 11.8 Å². The SMILES string of the molecule is COCCN1C(=O)S/C(=C/c2c(OCc3ccccc3)ccc3ccccc23)C1=O. The summed E-state index contributed by atoms with van der Waals surface area (Å²) in [5, 5.41) is 1.72. The summed E-state index contributed by atoms with van der Waals surface area (Å²) in [6.45, 7) is 0.964. The second-order valence-electron chi connectivity index (χ2n) is 6.80. The predicted octanol–water partition coefficient (Wildman–Crippen LogP) is 5.10. The molecule has 152 valence electrons. The standard InChI is InChI=1S/C24H21NO4S/c1-28-14-13-25-23(26)22(30-24(25)27)15-20-19-10-6-5-9-18(19)11-12-21(20)29-16-17-7-3-2-4-8-17/h2-12,15H,13-14,16H2,1H3/b22-15+. The maximum atomic E-state index is 12.8. The number of hydrogen-bond donors (Lipinski definition) is 0. The molecule has 3 aromatic rings. The van der Waals surface area contributed by atoms with E-state index in [2.05, 4.69) is 0 Å². The average molecular weight is 420 g/mol. The number of benzene rings is 3. The normalized spacial score (nSPS) is 15.4. The van der Waals surface area contributed by atoms with Gasteiger partial charge in [-0.2, -0.15) is 0 Å². The lowest BCUT2D eigenvalue weighted by Crippen LogP contribution is -2.31. The fourth-order valence-corrected chi connectivity index (χ4v) is 4.14. The number of carbonyl (C=O) groups is 2. The van der Waals surface area contributed by atoms with Gasteiger partial charge in [-0.15, -0.1) is 0 Å². The van der Waals surface area contributed by atoms with Gasteiger partial charge in [0, 0.05) is 12.7 Å². The second-order valence-corrected chi connectivity index (χ2v) is 7.79. The van der Waals surface area contributed by atoms with Crippen LogP contribution in [0, 0.1) is 0 Å². The van der Waals surface area contributed by atoms with E-state index in [9.17, 15) is 9.59 Å². The Hall–Kier alpha value is -3.09. The third-order valence-electron chi connectivity index (χ3n) is 4.84. The molecular weight excluding hydrogens is 398 g/mol. The zero-order valence-corrected chi connectivity index (χ0v) is 17.4. The van der Waals surface area contributed by atoms with Gasteiger partial charge in [0.1, 0.15) is 12.4 Å². The van der Waals surface area contributed by atoms with Crippen molar-refractivity contribution in [1.82, 2.24) is 4.90 Å². The van der Waals surface area contributed by atoms with Crippen LogP contribution in [0.15, 0.2) is 71.6 Å². The summed E-state index contributed by atoms with van der Waals surface area (Å²) >= 11 is 0.946. The Morgan fingerprint density at radius 1 is 0.967 bits per heavy atom. The van der Waals surface area contributed by atoms with Crippen molar-refractivity contribution in [3.8, 4) is 5.75 Å². The summed E-state index contributed by atoms with van der Waals surface area (Å²) in [5.41, 5.74) is 1.85. The number of rotatable bonds is 7. The summed E-state index contributed by atoms with van der Waals surface area (Å²) < 4.78 is 11.1. The maximum Gasteiger partial charge on any atom is 0.293 e. The van der Waals surface area contributed by atoms with Crippen molar-refractivity contribution in [2.75, 3.05) is 20.3 Å². The number of methoxy groups -OCH3 is 1. The zero-order valence-electron chi connectivity index (χ0n) is 16.5. The molecular formula is C24H21NO4S. The van der Waals surface area contributed by atoms with Crippen LogP contribution in [0.4, 0.5) is 4.79 Å². The van der Waals surface area contributed by atoms with Gasteiger partial charge in [-0.3, -0.25) is 14.5 Å². The first-order valence-corrected chi connectivity index (χ1v) is 10.4. The third kappa shape index (κ3) is 4.25. The molecule has 0 bridgehead atoms. The van der Waals surface area contributed by atoms with Crippen LogP contribution < -0.4 is 4.74 Å². The van der Waals surface area contributed by atoms with Gasteiger partial charge in [0.15, 0.2) is 0 Å². The fraction of sp³-hybridized carbons (Fsp3) is 0.167. The van der Waals surface area contributed by atoms with Gasteiger partial charge in [0.25, 0.3) is 11.1 Å². The highest BCUT2D eigenvalue weighted by atomic mass is 32.2. The monoisotopic (exact) mass is 419 g/mol. The number of carbonyl (C=O) groups excluding carboxylic acids is 2. The minimum atomic E-state index is -0.302. The minimum absolute atomic E-state index is 0.241. The molecule has 30 heavy (non-hydrogen) atoms. The molecule has 1 heterocycles. The molecule has 1 aliphatic heterocycles. The Labute approximate surface area is 179 Å². The molecule has 0 saturated carbocycles. The van der Waals surface area contributed by atoms with Crippen LogP contribution in [0.2, 0.25) is 0 Å². The number of amides is 2. The molecule has 6 heteroatoms. The van der Waals surface area contributed by atoms with Crippen LogP contribution in [-0.2, 0) is 16.1 Å². The first kappa shape index (κ1) is 20.2. The van der Waals surface area contributed by atoms with E-state index in [1.54, 1.807) is 13.2 Å². The minimum Gasteiger partial charge on any atom is -0.488 e. The molecule has 4 rings (SSSR count). The number of fused-ring (bicyclic) bond motifs is 1. The Morgan fingerprint density at radius 2 is 1.73 bits per heavy atom. The molecule has 1 fully saturated rings. The number of imide groups is 1. The van der Waals surface area contributed by atoms with Gasteiger partial charge >= 0.3 is 0 Å². The number of hydrogen-bond acceptors (Lipinski definition) is 5. The van der Waals surface area contributed by atoms with E-state index >= 15 is 0 Å². The molecule has 0 spiro atoms. The summed E-state index contributed by atoms with van der Waals surface area (Å²) in [6, 6.07) is 21.7. The molecule has 2 amide bonds. The highest BCUT2D eigenvalue weighted by molar-refractivity contribution is 8.18. The summed E-state index contributed by atoms with van der Waals surface area (Å²) in [5.74, 6) is 0.366. The van der Waals surface area contributed by atoms with E-state index in [1.165, 1.54) is 4.90 Å². The van der Waals surface area contributed by atoms with Crippen molar-refractivity contribution in [2.24, 2.45) is 0 Å². The van der Waals surface area contributed by atoms with E-state index in [1.807, 2.05) is 66.7 Å². The number of ether oxygens (including phenoxy) is 2. The Kier molecular flexibility index (Phi) is 6.16. The Balaban J connectivity index is 1.70. The molecule has 0 N–H and O–H groups in total. The summed E-state index contributed by atoms with van der Waals surface area (Å²) in [6.07, 6.45) is 1.76. The zero-order chi connectivity index (χ0) is 20.9. The van der Waals surface area contributed by atoms with Crippen LogP contribution in [0.3, 0.4) is 0 Å². The number of thioether (sulfide) groups is 1. The summed E-state index contributed by atoms with van der Waals surface area (Å²) in [4.78, 5) is 26.7. The fourth-order valence-electron chi connectivity index (χ4n) is 3.29. The molecule has 0 aliphatic carbocycles. The van der Waals surface area contributed by atoms with Crippen molar-refractivity contribution in [3.05, 3.63) is 82.8 Å². The van der Waals surface area contributed by atoms with Crippen molar-refractivity contribution in [1.29, 1.82) is 0 Å². The van der Waals surface area contributed by atoms with Gasteiger partial charge < -0.3 is 9.47 Å². The summed E-state index contributed by atoms with van der Waals surface area (Å²) in [7, 11) is 1.54. The third-order valence-corrected chi connectivity index (χ3v) is 5.74. The van der Waals surface area contributed by atoms with Crippen molar-refractivity contribution in [3.63, 3.8) is 0 Å². The molecule has 0 radical (unpaired) electrons. The quantitative estimate of drug-likeness (QED) is 0.499. The second kappa shape index (κ2) is 9.15. The first-order valence-electron chi connectivity index (χ1n) is 9.60. The number of nitrogens with zero attached hydrogens (tertiary/aromatic N) is 1. The lowest BCUT2D eigenvalue weighted by molar-refractivity contribution is -0.123. The van der Waals surface area contributed by atoms with Gasteiger partial charge in [-0.05, 0) is 40.2 Å². The van der Waals surface area contributed by atoms with Gasteiger partial charge in [0.05, 0.1) is 18.1 Å². The largest absolute Gasteiger partial charge is 0.488 e. The van der Waals surface area contributed by atoms with Gasteiger partial charge in [-0.25, -0.2) is 0 Å². The average Bonchev–Trinajstić information content (AvgIpc) is 3.04. The molecule has 1 saturated heterocycles. The van der Waals surface area contributed by atoms with E-state index in [0.717, 1.165) is 33.7 Å². The van der Waals surface area contributed by atoms with Crippen LogP contribution in [0.1, 0.15) is 11.1 Å². The Bertz CT molecular complexity index is 1110. The molecule has 0 unspecified atom stereocenters. The first-order chi connectivity index (χ1) is 14.7.